The minimum absolute atomic E-state index is 0.117. The van der Waals surface area contributed by atoms with E-state index in [1.54, 1.807) is 0 Å². The van der Waals surface area contributed by atoms with Gasteiger partial charge in [0.25, 0.3) is 0 Å². The van der Waals surface area contributed by atoms with Gasteiger partial charge in [0.05, 0.1) is 13.2 Å². The number of nitrogens with two attached hydrogens (primary N) is 1. The van der Waals surface area contributed by atoms with Crippen molar-refractivity contribution in [2.75, 3.05) is 13.7 Å². The lowest BCUT2D eigenvalue weighted by Gasteiger charge is -2.04. The molecule has 4 heteroatoms. The standard InChI is InChI=1S/C21H39NO3/c1-25-21(24)18-16-14-12-10-8-6-4-2-3-5-7-9-11-13-15-17-20(23)19-22/h9-12,20,23H,2-8,13-19,22H2,1H3/b11-9-,12-10-/t20-/m1/s1. The number of ether oxygens (including phenoxy) is 1. The molecule has 0 aromatic carbocycles. The Labute approximate surface area is 154 Å². The number of methoxy groups -OCH3 is 1. The summed E-state index contributed by atoms with van der Waals surface area (Å²) in [6.45, 7) is 0.370. The molecule has 0 rings (SSSR count). The Morgan fingerprint density at radius 1 is 0.880 bits per heavy atom. The number of rotatable bonds is 17. The molecule has 4 nitrogen and oxygen atoms in total. The second-order valence-corrected chi connectivity index (χ2v) is 6.58. The Bertz CT molecular complexity index is 353. The number of esters is 1. The van der Waals surface area contributed by atoms with Gasteiger partial charge in [-0.2, -0.15) is 0 Å². The summed E-state index contributed by atoms with van der Waals surface area (Å²) in [7, 11) is 1.44. The average Bonchev–Trinajstić information content (AvgIpc) is 2.63. The number of carbonyl (C=O) groups is 1. The summed E-state index contributed by atoms with van der Waals surface area (Å²) in [5, 5.41) is 9.33. The Morgan fingerprint density at radius 3 is 1.88 bits per heavy atom. The first-order valence-electron chi connectivity index (χ1n) is 9.95. The van der Waals surface area contributed by atoms with Crippen LogP contribution in [0.4, 0.5) is 0 Å². The maximum atomic E-state index is 10.9. The fourth-order valence-electron chi connectivity index (χ4n) is 2.58. The van der Waals surface area contributed by atoms with E-state index in [1.165, 1.54) is 45.6 Å². The van der Waals surface area contributed by atoms with Gasteiger partial charge < -0.3 is 15.6 Å². The van der Waals surface area contributed by atoms with Gasteiger partial charge >= 0.3 is 5.97 Å². The van der Waals surface area contributed by atoms with E-state index < -0.39 is 0 Å². The van der Waals surface area contributed by atoms with E-state index in [4.69, 9.17) is 5.73 Å². The van der Waals surface area contributed by atoms with Crippen LogP contribution in [-0.2, 0) is 9.53 Å². The molecule has 0 heterocycles. The smallest absolute Gasteiger partial charge is 0.305 e. The van der Waals surface area contributed by atoms with Crippen LogP contribution < -0.4 is 5.73 Å². The quantitative estimate of drug-likeness (QED) is 0.226. The van der Waals surface area contributed by atoms with Crippen molar-refractivity contribution >= 4 is 5.97 Å². The Hall–Kier alpha value is -1.13. The van der Waals surface area contributed by atoms with Gasteiger partial charge in [0.2, 0.25) is 0 Å². The summed E-state index contributed by atoms with van der Waals surface area (Å²) < 4.78 is 4.61. The molecule has 0 aromatic rings. The lowest BCUT2D eigenvalue weighted by molar-refractivity contribution is -0.140. The number of aliphatic hydroxyl groups excluding tert-OH is 1. The molecule has 0 aromatic heterocycles. The third-order valence-corrected chi connectivity index (χ3v) is 4.23. The van der Waals surface area contributed by atoms with Gasteiger partial charge in [-0.15, -0.1) is 0 Å². The van der Waals surface area contributed by atoms with Crippen molar-refractivity contribution in [3.63, 3.8) is 0 Å². The zero-order valence-electron chi connectivity index (χ0n) is 16.1. The Balaban J connectivity index is 3.22. The number of aliphatic hydroxyl groups is 1. The van der Waals surface area contributed by atoms with Crippen LogP contribution >= 0.6 is 0 Å². The second kappa shape index (κ2) is 19.2. The molecule has 0 bridgehead atoms. The normalized spacial score (nSPS) is 12.9. The van der Waals surface area contributed by atoms with Gasteiger partial charge in [-0.05, 0) is 57.8 Å². The van der Waals surface area contributed by atoms with Crippen molar-refractivity contribution in [1.29, 1.82) is 0 Å². The number of carbonyl (C=O) groups excluding carboxylic acids is 1. The van der Waals surface area contributed by atoms with Crippen molar-refractivity contribution in [3.8, 4) is 0 Å². The molecular formula is C21H39NO3. The van der Waals surface area contributed by atoms with Crippen LogP contribution in [0, 0.1) is 0 Å². The topological polar surface area (TPSA) is 72.5 Å². The third-order valence-electron chi connectivity index (χ3n) is 4.23. The fourth-order valence-corrected chi connectivity index (χ4v) is 2.58. The summed E-state index contributed by atoms with van der Waals surface area (Å²) >= 11 is 0. The fraction of sp³-hybridized carbons (Fsp3) is 0.762. The highest BCUT2D eigenvalue weighted by atomic mass is 16.5. The lowest BCUT2D eigenvalue weighted by atomic mass is 10.1. The highest BCUT2D eigenvalue weighted by Crippen LogP contribution is 2.09. The van der Waals surface area contributed by atoms with E-state index in [-0.39, 0.29) is 12.1 Å². The first kappa shape index (κ1) is 23.9. The second-order valence-electron chi connectivity index (χ2n) is 6.58. The van der Waals surface area contributed by atoms with Crippen molar-refractivity contribution < 1.29 is 14.6 Å². The Kier molecular flexibility index (Phi) is 18.3. The predicted octanol–water partition coefficient (Wildman–Crippen LogP) is 4.66. The summed E-state index contributed by atoms with van der Waals surface area (Å²) in [6, 6.07) is 0. The molecule has 0 unspecified atom stereocenters. The minimum atomic E-state index is -0.330. The van der Waals surface area contributed by atoms with Crippen LogP contribution in [0.5, 0.6) is 0 Å². The molecule has 0 saturated heterocycles. The van der Waals surface area contributed by atoms with Crippen LogP contribution in [0.3, 0.4) is 0 Å². The predicted molar refractivity (Wildman–Crippen MR) is 105 cm³/mol. The summed E-state index contributed by atoms with van der Waals surface area (Å²) in [4.78, 5) is 10.9. The first-order valence-corrected chi connectivity index (χ1v) is 9.95. The van der Waals surface area contributed by atoms with Gasteiger partial charge in [-0.3, -0.25) is 4.79 Å². The molecule has 0 spiro atoms. The SMILES string of the molecule is COC(=O)CCC/C=C\CCCCCCC/C=C\CCC[C@@H](O)CN. The van der Waals surface area contributed by atoms with E-state index in [0.29, 0.717) is 13.0 Å². The molecular weight excluding hydrogens is 314 g/mol. The molecule has 25 heavy (non-hydrogen) atoms. The maximum Gasteiger partial charge on any atom is 0.305 e. The molecule has 0 amide bonds. The molecule has 0 aliphatic rings. The van der Waals surface area contributed by atoms with Gasteiger partial charge in [-0.1, -0.05) is 43.6 Å². The van der Waals surface area contributed by atoms with Crippen molar-refractivity contribution in [2.45, 2.75) is 89.6 Å². The Morgan fingerprint density at radius 2 is 1.36 bits per heavy atom. The van der Waals surface area contributed by atoms with Gasteiger partial charge in [0.1, 0.15) is 0 Å². The zero-order valence-corrected chi connectivity index (χ0v) is 16.1. The van der Waals surface area contributed by atoms with Gasteiger partial charge in [-0.25, -0.2) is 0 Å². The summed E-state index contributed by atoms with van der Waals surface area (Å²) in [6.07, 6.45) is 22.6. The highest BCUT2D eigenvalue weighted by molar-refractivity contribution is 5.68. The monoisotopic (exact) mass is 353 g/mol. The maximum absolute atomic E-state index is 10.9. The summed E-state index contributed by atoms with van der Waals surface area (Å²) in [5.74, 6) is -0.117. The number of unbranched alkanes of at least 4 members (excludes halogenated alkanes) is 8. The van der Waals surface area contributed by atoms with E-state index >= 15 is 0 Å². The van der Waals surface area contributed by atoms with E-state index in [2.05, 4.69) is 29.0 Å². The first-order chi connectivity index (χ1) is 12.2. The molecule has 146 valence electrons. The third kappa shape index (κ3) is 19.0. The molecule has 0 aliphatic carbocycles. The molecule has 0 fully saturated rings. The van der Waals surface area contributed by atoms with Gasteiger partial charge in [0, 0.05) is 13.0 Å². The molecule has 3 N–H and O–H groups in total. The van der Waals surface area contributed by atoms with E-state index in [9.17, 15) is 9.90 Å². The van der Waals surface area contributed by atoms with Crippen LogP contribution in [0.1, 0.15) is 83.5 Å². The number of hydrogen-bond donors (Lipinski definition) is 2. The van der Waals surface area contributed by atoms with Crippen LogP contribution in [0.15, 0.2) is 24.3 Å². The van der Waals surface area contributed by atoms with Crippen LogP contribution in [0.25, 0.3) is 0 Å². The number of hydrogen-bond acceptors (Lipinski definition) is 4. The minimum Gasteiger partial charge on any atom is -0.469 e. The van der Waals surface area contributed by atoms with Gasteiger partial charge in [0.15, 0.2) is 0 Å². The van der Waals surface area contributed by atoms with Crippen LogP contribution in [0.2, 0.25) is 0 Å². The highest BCUT2D eigenvalue weighted by Gasteiger charge is 1.98. The van der Waals surface area contributed by atoms with Crippen molar-refractivity contribution in [2.24, 2.45) is 5.73 Å². The van der Waals surface area contributed by atoms with Crippen molar-refractivity contribution in [1.82, 2.24) is 0 Å². The molecule has 0 radical (unpaired) electrons. The average molecular weight is 354 g/mol. The van der Waals surface area contributed by atoms with E-state index in [0.717, 1.165) is 38.5 Å². The summed E-state index contributed by atoms with van der Waals surface area (Å²) in [5.41, 5.74) is 5.37. The van der Waals surface area contributed by atoms with Crippen molar-refractivity contribution in [3.05, 3.63) is 24.3 Å². The number of allylic oxidation sites excluding steroid dienone is 4. The van der Waals surface area contributed by atoms with Crippen LogP contribution in [-0.4, -0.2) is 30.8 Å². The molecule has 1 atom stereocenters. The largest absolute Gasteiger partial charge is 0.469 e. The zero-order chi connectivity index (χ0) is 18.6. The molecule has 0 saturated carbocycles. The lowest BCUT2D eigenvalue weighted by Crippen LogP contribution is -2.18. The molecule has 0 aliphatic heterocycles. The van der Waals surface area contributed by atoms with E-state index in [1.807, 2.05) is 0 Å².